The molecule has 0 saturated carbocycles. The summed E-state index contributed by atoms with van der Waals surface area (Å²) < 4.78 is 6.87. The Balaban J connectivity index is 1.89. The van der Waals surface area contributed by atoms with Crippen LogP contribution >= 0.6 is 11.3 Å². The smallest absolute Gasteiger partial charge is 0.326 e. The SMILES string of the molecule is CCCCCOC(=O)Cn1c(CN2CCCC2)nc2sc(C)c(C)c2c1=O. The summed E-state index contributed by atoms with van der Waals surface area (Å²) in [4.78, 5) is 34.4. The molecule has 0 aromatic carbocycles. The van der Waals surface area contributed by atoms with Crippen molar-refractivity contribution in [1.82, 2.24) is 14.5 Å². The Morgan fingerprint density at radius 1 is 1.22 bits per heavy atom. The van der Waals surface area contributed by atoms with Crippen LogP contribution in [0.5, 0.6) is 0 Å². The molecule has 2 aromatic rings. The molecule has 0 unspecified atom stereocenters. The van der Waals surface area contributed by atoms with Gasteiger partial charge in [-0.05, 0) is 51.8 Å². The maximum absolute atomic E-state index is 13.2. The third kappa shape index (κ3) is 4.58. The summed E-state index contributed by atoms with van der Waals surface area (Å²) in [6.45, 7) is 9.04. The van der Waals surface area contributed by atoms with E-state index < -0.39 is 0 Å². The second kappa shape index (κ2) is 8.97. The van der Waals surface area contributed by atoms with Crippen LogP contribution in [-0.4, -0.2) is 40.1 Å². The summed E-state index contributed by atoms with van der Waals surface area (Å²) in [6, 6.07) is 0. The quantitative estimate of drug-likeness (QED) is 0.510. The van der Waals surface area contributed by atoms with Gasteiger partial charge in [0.15, 0.2) is 0 Å². The first-order valence-corrected chi connectivity index (χ1v) is 10.7. The Kier molecular flexibility index (Phi) is 6.65. The van der Waals surface area contributed by atoms with Crippen LogP contribution in [0, 0.1) is 13.8 Å². The Bertz CT molecular complexity index is 865. The predicted molar refractivity (Wildman–Crippen MR) is 108 cm³/mol. The first-order valence-electron chi connectivity index (χ1n) is 9.88. The minimum absolute atomic E-state index is 0.0641. The molecule has 1 fully saturated rings. The number of hydrogen-bond donors (Lipinski definition) is 0. The van der Waals surface area contributed by atoms with Crippen LogP contribution in [0.2, 0.25) is 0 Å². The number of carbonyl (C=O) groups is 1. The summed E-state index contributed by atoms with van der Waals surface area (Å²) >= 11 is 1.55. The van der Waals surface area contributed by atoms with Crippen molar-refractivity contribution in [3.05, 3.63) is 26.6 Å². The van der Waals surface area contributed by atoms with Crippen LogP contribution in [0.3, 0.4) is 0 Å². The Morgan fingerprint density at radius 2 is 1.96 bits per heavy atom. The van der Waals surface area contributed by atoms with Gasteiger partial charge < -0.3 is 4.74 Å². The number of aryl methyl sites for hydroxylation is 2. The van der Waals surface area contributed by atoms with Crippen molar-refractivity contribution >= 4 is 27.5 Å². The minimum Gasteiger partial charge on any atom is -0.464 e. The lowest BCUT2D eigenvalue weighted by Gasteiger charge is -2.18. The van der Waals surface area contributed by atoms with E-state index in [4.69, 9.17) is 9.72 Å². The molecule has 1 aliphatic heterocycles. The highest BCUT2D eigenvalue weighted by Crippen LogP contribution is 2.26. The van der Waals surface area contributed by atoms with Gasteiger partial charge in [0, 0.05) is 4.88 Å². The van der Waals surface area contributed by atoms with Gasteiger partial charge in [-0.3, -0.25) is 19.1 Å². The van der Waals surface area contributed by atoms with Crippen LogP contribution in [-0.2, 0) is 22.6 Å². The number of likely N-dealkylation sites (tertiary alicyclic amines) is 1. The topological polar surface area (TPSA) is 64.4 Å². The van der Waals surface area contributed by atoms with Crippen LogP contribution in [0.1, 0.15) is 55.3 Å². The van der Waals surface area contributed by atoms with Crippen molar-refractivity contribution in [3.8, 4) is 0 Å². The molecule has 0 bridgehead atoms. The highest BCUT2D eigenvalue weighted by molar-refractivity contribution is 7.18. The molecule has 148 valence electrons. The average Bonchev–Trinajstić information content (AvgIpc) is 3.24. The molecular weight excluding hydrogens is 362 g/mol. The van der Waals surface area contributed by atoms with E-state index in [0.29, 0.717) is 24.4 Å². The van der Waals surface area contributed by atoms with E-state index in [2.05, 4.69) is 11.8 Å². The van der Waals surface area contributed by atoms with Gasteiger partial charge in [0.25, 0.3) is 5.56 Å². The van der Waals surface area contributed by atoms with Crippen molar-refractivity contribution < 1.29 is 9.53 Å². The number of unbranched alkanes of at least 4 members (excludes halogenated alkanes) is 2. The van der Waals surface area contributed by atoms with Crippen molar-refractivity contribution in [1.29, 1.82) is 0 Å². The molecule has 0 radical (unpaired) electrons. The number of ether oxygens (including phenoxy) is 1. The number of carbonyl (C=O) groups excluding carboxylic acids is 1. The molecular formula is C20H29N3O3S. The zero-order valence-electron chi connectivity index (χ0n) is 16.5. The predicted octanol–water partition coefficient (Wildman–Crippen LogP) is 3.40. The van der Waals surface area contributed by atoms with Gasteiger partial charge in [-0.1, -0.05) is 19.8 Å². The number of esters is 1. The largest absolute Gasteiger partial charge is 0.464 e. The molecule has 6 nitrogen and oxygen atoms in total. The third-order valence-corrected chi connectivity index (χ3v) is 6.33. The number of fused-ring (bicyclic) bond motifs is 1. The zero-order valence-corrected chi connectivity index (χ0v) is 17.4. The van der Waals surface area contributed by atoms with E-state index in [1.165, 1.54) is 17.4 Å². The lowest BCUT2D eigenvalue weighted by atomic mass is 10.2. The molecule has 2 aromatic heterocycles. The summed E-state index contributed by atoms with van der Waals surface area (Å²) in [5.74, 6) is 0.308. The molecule has 0 N–H and O–H groups in total. The van der Waals surface area contributed by atoms with Crippen molar-refractivity contribution in [2.45, 2.75) is 66.0 Å². The molecule has 0 aliphatic carbocycles. The van der Waals surface area contributed by atoms with Gasteiger partial charge in [0.1, 0.15) is 17.2 Å². The third-order valence-electron chi connectivity index (χ3n) is 5.23. The molecule has 3 heterocycles. The second-order valence-corrected chi connectivity index (χ2v) is 8.50. The van der Waals surface area contributed by atoms with Crippen molar-refractivity contribution in [2.24, 2.45) is 0 Å². The summed E-state index contributed by atoms with van der Waals surface area (Å²) in [5, 5.41) is 0.640. The van der Waals surface area contributed by atoms with Gasteiger partial charge in [0.2, 0.25) is 0 Å². The second-order valence-electron chi connectivity index (χ2n) is 7.29. The van der Waals surface area contributed by atoms with Gasteiger partial charge in [0.05, 0.1) is 18.5 Å². The molecule has 0 spiro atoms. The fraction of sp³-hybridized carbons (Fsp3) is 0.650. The van der Waals surface area contributed by atoms with Gasteiger partial charge >= 0.3 is 5.97 Å². The first-order chi connectivity index (χ1) is 13.0. The molecule has 7 heteroatoms. The number of aromatic nitrogens is 2. The number of nitrogens with zero attached hydrogens (tertiary/aromatic N) is 3. The zero-order chi connectivity index (χ0) is 19.4. The van der Waals surface area contributed by atoms with Crippen LogP contribution < -0.4 is 5.56 Å². The van der Waals surface area contributed by atoms with Gasteiger partial charge in [-0.25, -0.2) is 4.98 Å². The van der Waals surface area contributed by atoms with E-state index in [9.17, 15) is 9.59 Å². The first kappa shape index (κ1) is 20.0. The highest BCUT2D eigenvalue weighted by Gasteiger charge is 2.21. The van der Waals surface area contributed by atoms with Crippen LogP contribution in [0.4, 0.5) is 0 Å². The average molecular weight is 392 g/mol. The molecule has 27 heavy (non-hydrogen) atoms. The number of hydrogen-bond acceptors (Lipinski definition) is 6. The van der Waals surface area contributed by atoms with Crippen LogP contribution in [0.25, 0.3) is 10.2 Å². The van der Waals surface area contributed by atoms with E-state index in [-0.39, 0.29) is 18.1 Å². The van der Waals surface area contributed by atoms with Crippen LogP contribution in [0.15, 0.2) is 4.79 Å². The van der Waals surface area contributed by atoms with E-state index >= 15 is 0 Å². The van der Waals surface area contributed by atoms with E-state index in [0.717, 1.165) is 47.6 Å². The minimum atomic E-state index is -0.360. The summed E-state index contributed by atoms with van der Waals surface area (Å²) in [6.07, 6.45) is 5.31. The normalized spacial score (nSPS) is 14.9. The standard InChI is InChI=1S/C20H29N3O3S/c1-4-5-8-11-26-17(24)13-23-16(12-22-9-6-7-10-22)21-19-18(20(23)25)14(2)15(3)27-19/h4-13H2,1-3H3. The number of rotatable bonds is 8. The maximum atomic E-state index is 13.2. The maximum Gasteiger partial charge on any atom is 0.326 e. The van der Waals surface area contributed by atoms with E-state index in [1.807, 2.05) is 13.8 Å². The van der Waals surface area contributed by atoms with Crippen molar-refractivity contribution in [3.63, 3.8) is 0 Å². The lowest BCUT2D eigenvalue weighted by molar-refractivity contribution is -0.144. The summed E-state index contributed by atoms with van der Waals surface area (Å²) in [7, 11) is 0. The molecule has 0 atom stereocenters. The Morgan fingerprint density at radius 3 is 2.67 bits per heavy atom. The molecule has 1 aliphatic rings. The van der Waals surface area contributed by atoms with E-state index in [1.54, 1.807) is 11.3 Å². The Labute approximate surface area is 164 Å². The number of thiophene rings is 1. The van der Waals surface area contributed by atoms with Gasteiger partial charge in [-0.15, -0.1) is 11.3 Å². The molecule has 0 amide bonds. The monoisotopic (exact) mass is 391 g/mol. The fourth-order valence-corrected chi connectivity index (χ4v) is 4.55. The lowest BCUT2D eigenvalue weighted by Crippen LogP contribution is -2.32. The molecule has 1 saturated heterocycles. The Hall–Kier alpha value is -1.73. The van der Waals surface area contributed by atoms with Crippen molar-refractivity contribution in [2.75, 3.05) is 19.7 Å². The highest BCUT2D eigenvalue weighted by atomic mass is 32.1. The fourth-order valence-electron chi connectivity index (χ4n) is 3.51. The summed E-state index contributed by atoms with van der Waals surface area (Å²) in [5.41, 5.74) is 0.840. The molecule has 3 rings (SSSR count). The van der Waals surface area contributed by atoms with Gasteiger partial charge in [-0.2, -0.15) is 0 Å².